The van der Waals surface area contributed by atoms with Gasteiger partial charge in [0, 0.05) is 27.6 Å². The van der Waals surface area contributed by atoms with E-state index in [0.717, 1.165) is 16.5 Å². The van der Waals surface area contributed by atoms with Crippen LogP contribution in [0.15, 0.2) is 69.5 Å². The molecule has 3 heterocycles. The average molecular weight is 484 g/mol. The molecule has 0 aliphatic carbocycles. The van der Waals surface area contributed by atoms with Crippen LogP contribution in [0.25, 0.3) is 22.3 Å². The fraction of sp³-hybridized carbons (Fsp3) is 0.240. The highest BCUT2D eigenvalue weighted by atomic mass is 35.5. The van der Waals surface area contributed by atoms with Crippen molar-refractivity contribution in [3.63, 3.8) is 0 Å². The maximum absolute atomic E-state index is 13.6. The molecule has 1 amide bonds. The van der Waals surface area contributed by atoms with Gasteiger partial charge in [0.2, 0.25) is 0 Å². The molecule has 6 nitrogen and oxygen atoms in total. The Morgan fingerprint density at radius 3 is 2.64 bits per heavy atom. The minimum absolute atomic E-state index is 0.0620. The van der Waals surface area contributed by atoms with Crippen molar-refractivity contribution in [2.45, 2.75) is 25.9 Å². The Hall–Kier alpha value is -3.03. The number of sulfone groups is 1. The summed E-state index contributed by atoms with van der Waals surface area (Å²) in [5.41, 5.74) is 2.18. The number of fused-ring (bicyclic) bond motifs is 1. The molecular formula is C25H22ClNO5S. The molecule has 0 saturated carbocycles. The molecule has 0 bridgehead atoms. The van der Waals surface area contributed by atoms with Gasteiger partial charge >= 0.3 is 0 Å². The van der Waals surface area contributed by atoms with Crippen LogP contribution in [0.2, 0.25) is 5.02 Å². The highest BCUT2D eigenvalue weighted by Gasteiger charge is 2.37. The molecule has 0 spiro atoms. The number of furan rings is 2. The van der Waals surface area contributed by atoms with Crippen LogP contribution in [0.1, 0.15) is 28.3 Å². The van der Waals surface area contributed by atoms with Gasteiger partial charge < -0.3 is 13.7 Å². The third kappa shape index (κ3) is 4.30. The lowest BCUT2D eigenvalue weighted by atomic mass is 10.1. The minimum atomic E-state index is -3.20. The normalized spacial score (nSPS) is 17.5. The predicted octanol–water partition coefficient (Wildman–Crippen LogP) is 5.48. The van der Waals surface area contributed by atoms with Gasteiger partial charge in [-0.25, -0.2) is 8.42 Å². The Morgan fingerprint density at radius 1 is 1.09 bits per heavy atom. The van der Waals surface area contributed by atoms with Crippen LogP contribution >= 0.6 is 11.6 Å². The van der Waals surface area contributed by atoms with Gasteiger partial charge in [0.15, 0.2) is 15.6 Å². The molecule has 0 N–H and O–H groups in total. The first-order valence-electron chi connectivity index (χ1n) is 10.6. The molecular weight excluding hydrogens is 462 g/mol. The number of aryl methyl sites for hydroxylation is 1. The van der Waals surface area contributed by atoms with Crippen molar-refractivity contribution in [1.82, 2.24) is 4.90 Å². The van der Waals surface area contributed by atoms with Crippen LogP contribution in [-0.4, -0.2) is 36.8 Å². The SMILES string of the molecule is Cc1c(C(=O)N(Cc2ccc(-c3cccc(Cl)c3)o2)[C@@H]2CCS(=O)(=O)C2)oc2ccccc12. The minimum Gasteiger partial charge on any atom is -0.459 e. The van der Waals surface area contributed by atoms with E-state index in [1.165, 1.54) is 0 Å². The molecule has 0 radical (unpaired) electrons. The summed E-state index contributed by atoms with van der Waals surface area (Å²) >= 11 is 6.09. The fourth-order valence-electron chi connectivity index (χ4n) is 4.32. The molecule has 2 aromatic heterocycles. The van der Waals surface area contributed by atoms with E-state index in [-0.39, 0.29) is 29.7 Å². The quantitative estimate of drug-likeness (QED) is 0.375. The third-order valence-corrected chi connectivity index (χ3v) is 8.03. The highest BCUT2D eigenvalue weighted by Crippen LogP contribution is 2.30. The summed E-state index contributed by atoms with van der Waals surface area (Å²) in [6, 6.07) is 17.9. The molecule has 8 heteroatoms. The van der Waals surface area contributed by atoms with Crippen LogP contribution in [0.4, 0.5) is 0 Å². The number of nitrogens with zero attached hydrogens (tertiary/aromatic N) is 1. The monoisotopic (exact) mass is 483 g/mol. The first kappa shape index (κ1) is 21.8. The maximum Gasteiger partial charge on any atom is 0.290 e. The van der Waals surface area contributed by atoms with E-state index in [1.807, 2.05) is 49.4 Å². The molecule has 33 heavy (non-hydrogen) atoms. The van der Waals surface area contributed by atoms with Gasteiger partial charge in [-0.15, -0.1) is 0 Å². The Labute approximate surface area is 196 Å². The smallest absolute Gasteiger partial charge is 0.290 e. The molecule has 1 atom stereocenters. The number of carbonyl (C=O) groups is 1. The lowest BCUT2D eigenvalue weighted by molar-refractivity contribution is 0.0635. The summed E-state index contributed by atoms with van der Waals surface area (Å²) in [5, 5.41) is 1.46. The van der Waals surface area contributed by atoms with Gasteiger partial charge in [0.1, 0.15) is 17.1 Å². The molecule has 1 fully saturated rings. The topological polar surface area (TPSA) is 80.7 Å². The van der Waals surface area contributed by atoms with E-state index in [9.17, 15) is 13.2 Å². The van der Waals surface area contributed by atoms with Gasteiger partial charge in [-0.05, 0) is 43.7 Å². The molecule has 170 valence electrons. The maximum atomic E-state index is 13.6. The summed E-state index contributed by atoms with van der Waals surface area (Å²) in [5.74, 6) is 1.05. The van der Waals surface area contributed by atoms with E-state index in [4.69, 9.17) is 20.4 Å². The van der Waals surface area contributed by atoms with Crippen LogP contribution in [-0.2, 0) is 16.4 Å². The Bertz CT molecular complexity index is 1450. The van der Waals surface area contributed by atoms with Crippen molar-refractivity contribution < 1.29 is 22.0 Å². The summed E-state index contributed by atoms with van der Waals surface area (Å²) in [4.78, 5) is 15.2. The number of hydrogen-bond donors (Lipinski definition) is 0. The number of amides is 1. The molecule has 2 aromatic carbocycles. The van der Waals surface area contributed by atoms with Crippen LogP contribution in [0.5, 0.6) is 0 Å². The van der Waals surface area contributed by atoms with E-state index in [1.54, 1.807) is 23.1 Å². The molecule has 4 aromatic rings. The van der Waals surface area contributed by atoms with Crippen LogP contribution in [0.3, 0.4) is 0 Å². The fourth-order valence-corrected chi connectivity index (χ4v) is 6.25. The van der Waals surface area contributed by atoms with Gasteiger partial charge in [0.05, 0.1) is 18.1 Å². The van der Waals surface area contributed by atoms with Gasteiger partial charge in [0.25, 0.3) is 5.91 Å². The van der Waals surface area contributed by atoms with E-state index >= 15 is 0 Å². The number of halogens is 1. The van der Waals surface area contributed by atoms with Crippen molar-refractivity contribution in [3.05, 3.63) is 82.8 Å². The first-order valence-corrected chi connectivity index (χ1v) is 12.8. The van der Waals surface area contributed by atoms with E-state index < -0.39 is 15.9 Å². The highest BCUT2D eigenvalue weighted by molar-refractivity contribution is 7.91. The van der Waals surface area contributed by atoms with Crippen molar-refractivity contribution in [2.75, 3.05) is 11.5 Å². The zero-order valence-electron chi connectivity index (χ0n) is 18.0. The largest absolute Gasteiger partial charge is 0.459 e. The number of rotatable bonds is 5. The molecule has 0 unspecified atom stereocenters. The lowest BCUT2D eigenvalue weighted by Gasteiger charge is -2.26. The van der Waals surface area contributed by atoms with Gasteiger partial charge in [-0.3, -0.25) is 4.79 Å². The van der Waals surface area contributed by atoms with E-state index in [2.05, 4.69) is 0 Å². The molecule has 1 aliphatic rings. The van der Waals surface area contributed by atoms with Crippen molar-refractivity contribution >= 4 is 38.3 Å². The van der Waals surface area contributed by atoms with Crippen molar-refractivity contribution in [2.24, 2.45) is 0 Å². The Morgan fingerprint density at radius 2 is 1.91 bits per heavy atom. The Balaban J connectivity index is 1.49. The number of para-hydroxylation sites is 1. The average Bonchev–Trinajstić information content (AvgIpc) is 3.49. The second-order valence-electron chi connectivity index (χ2n) is 8.32. The summed E-state index contributed by atoms with van der Waals surface area (Å²) < 4.78 is 36.3. The summed E-state index contributed by atoms with van der Waals surface area (Å²) in [6.45, 7) is 1.98. The lowest BCUT2D eigenvalue weighted by Crippen LogP contribution is -2.40. The molecule has 1 aliphatic heterocycles. The first-order chi connectivity index (χ1) is 15.8. The molecule has 1 saturated heterocycles. The second-order valence-corrected chi connectivity index (χ2v) is 11.0. The molecule has 5 rings (SSSR count). The van der Waals surface area contributed by atoms with Crippen molar-refractivity contribution in [1.29, 1.82) is 0 Å². The van der Waals surface area contributed by atoms with Crippen molar-refractivity contribution in [3.8, 4) is 11.3 Å². The summed E-state index contributed by atoms with van der Waals surface area (Å²) in [7, 11) is -3.20. The van der Waals surface area contributed by atoms with Crippen LogP contribution < -0.4 is 0 Å². The van der Waals surface area contributed by atoms with Gasteiger partial charge in [-0.1, -0.05) is 41.9 Å². The zero-order valence-corrected chi connectivity index (χ0v) is 19.5. The number of benzene rings is 2. The third-order valence-electron chi connectivity index (χ3n) is 6.04. The van der Waals surface area contributed by atoms with E-state index in [0.29, 0.717) is 28.5 Å². The number of carbonyl (C=O) groups excluding carboxylic acids is 1. The standard InChI is InChI=1S/C25H22ClNO5S/c1-16-21-7-2-3-8-23(21)32-24(16)25(28)27(19-11-12-33(29,30)15-19)14-20-9-10-22(31-20)17-5-4-6-18(26)13-17/h2-10,13,19H,11-12,14-15H2,1H3/t19-/m1/s1. The summed E-state index contributed by atoms with van der Waals surface area (Å²) in [6.07, 6.45) is 0.384. The predicted molar refractivity (Wildman–Crippen MR) is 127 cm³/mol. The Kier molecular flexibility index (Phi) is 5.54. The van der Waals surface area contributed by atoms with Gasteiger partial charge in [-0.2, -0.15) is 0 Å². The van der Waals surface area contributed by atoms with Crippen LogP contribution in [0, 0.1) is 6.92 Å². The second kappa shape index (κ2) is 8.39. The zero-order chi connectivity index (χ0) is 23.2. The number of hydrogen-bond acceptors (Lipinski definition) is 5.